The van der Waals surface area contributed by atoms with Crippen molar-refractivity contribution in [3.05, 3.63) is 29.0 Å². The van der Waals surface area contributed by atoms with Gasteiger partial charge >= 0.3 is 0 Å². The molecule has 0 amide bonds. The Bertz CT molecular complexity index is 433. The summed E-state index contributed by atoms with van der Waals surface area (Å²) in [6, 6.07) is 2.67. The van der Waals surface area contributed by atoms with Crippen molar-refractivity contribution in [2.45, 2.75) is 18.5 Å². The van der Waals surface area contributed by atoms with Crippen LogP contribution < -0.4 is 11.3 Å². The van der Waals surface area contributed by atoms with Gasteiger partial charge in [-0.2, -0.15) is 0 Å². The van der Waals surface area contributed by atoms with Crippen LogP contribution in [0.2, 0.25) is 5.02 Å². The highest BCUT2D eigenvalue weighted by atomic mass is 35.5. The summed E-state index contributed by atoms with van der Waals surface area (Å²) < 4.78 is 0. The van der Waals surface area contributed by atoms with E-state index in [9.17, 15) is 0 Å². The molecule has 0 aromatic carbocycles. The number of fused-ring (bicyclic) bond motifs is 3. The van der Waals surface area contributed by atoms with Crippen LogP contribution in [0.4, 0.5) is 0 Å². The highest BCUT2D eigenvalue weighted by molar-refractivity contribution is 6.31. The SMILES string of the molecule is NNC(Cc1ccncc1Cl)C1CN2CCN1CC2. The van der Waals surface area contributed by atoms with Crippen LogP contribution >= 0.6 is 11.6 Å². The van der Waals surface area contributed by atoms with E-state index in [2.05, 4.69) is 20.2 Å². The Hall–Kier alpha value is -0.720. The molecule has 2 atom stereocenters. The Labute approximate surface area is 118 Å². The van der Waals surface area contributed by atoms with Crippen molar-refractivity contribution in [2.24, 2.45) is 5.84 Å². The van der Waals surface area contributed by atoms with Crippen LogP contribution in [0.25, 0.3) is 0 Å². The van der Waals surface area contributed by atoms with E-state index in [0.29, 0.717) is 6.04 Å². The van der Waals surface area contributed by atoms with Crippen LogP contribution in [0.3, 0.4) is 0 Å². The lowest BCUT2D eigenvalue weighted by molar-refractivity contribution is -0.00314. The quantitative estimate of drug-likeness (QED) is 0.606. The largest absolute Gasteiger partial charge is 0.299 e. The first-order valence-electron chi connectivity index (χ1n) is 6.79. The fraction of sp³-hybridized carbons (Fsp3) is 0.615. The standard InChI is InChI=1S/C13H20ClN5/c14-11-8-16-2-1-10(11)7-12(17-15)13-9-18-3-5-19(13)6-4-18/h1-2,8,12-13,17H,3-7,9,15H2. The Kier molecular flexibility index (Phi) is 4.00. The molecule has 5 nitrogen and oxygen atoms in total. The van der Waals surface area contributed by atoms with Gasteiger partial charge in [-0.05, 0) is 18.1 Å². The molecular weight excluding hydrogens is 262 g/mol. The van der Waals surface area contributed by atoms with Crippen molar-refractivity contribution < 1.29 is 0 Å². The summed E-state index contributed by atoms with van der Waals surface area (Å²) in [5.41, 5.74) is 4.09. The maximum Gasteiger partial charge on any atom is 0.0621 e. The van der Waals surface area contributed by atoms with Gasteiger partial charge < -0.3 is 0 Å². The number of aromatic nitrogens is 1. The third-order valence-electron chi connectivity index (χ3n) is 4.30. The van der Waals surface area contributed by atoms with Gasteiger partial charge in [-0.25, -0.2) is 0 Å². The molecule has 3 aliphatic rings. The van der Waals surface area contributed by atoms with Gasteiger partial charge in [-0.15, -0.1) is 0 Å². The second kappa shape index (κ2) is 5.73. The third-order valence-corrected chi connectivity index (χ3v) is 4.64. The average molecular weight is 282 g/mol. The molecule has 0 saturated carbocycles. The van der Waals surface area contributed by atoms with E-state index in [-0.39, 0.29) is 6.04 Å². The Morgan fingerprint density at radius 3 is 2.79 bits per heavy atom. The number of nitrogens with two attached hydrogens (primary N) is 1. The Morgan fingerprint density at radius 1 is 1.42 bits per heavy atom. The van der Waals surface area contributed by atoms with Crippen LogP contribution in [0.5, 0.6) is 0 Å². The molecule has 3 aliphatic heterocycles. The van der Waals surface area contributed by atoms with E-state index in [1.54, 1.807) is 12.4 Å². The number of hydrazine groups is 1. The first kappa shape index (κ1) is 13.3. The predicted molar refractivity (Wildman–Crippen MR) is 75.9 cm³/mol. The lowest BCUT2D eigenvalue weighted by Crippen LogP contribution is -2.67. The fourth-order valence-corrected chi connectivity index (χ4v) is 3.35. The molecule has 1 aromatic heterocycles. The number of hydrogen-bond donors (Lipinski definition) is 2. The summed E-state index contributed by atoms with van der Waals surface area (Å²) in [6.07, 6.45) is 4.32. The molecule has 19 heavy (non-hydrogen) atoms. The van der Waals surface area contributed by atoms with E-state index in [1.165, 1.54) is 13.1 Å². The maximum absolute atomic E-state index is 6.19. The van der Waals surface area contributed by atoms with Gasteiger partial charge in [0.25, 0.3) is 0 Å². The van der Waals surface area contributed by atoms with E-state index in [4.69, 9.17) is 17.4 Å². The molecule has 104 valence electrons. The second-order valence-electron chi connectivity index (χ2n) is 5.35. The number of piperazine rings is 3. The van der Waals surface area contributed by atoms with Gasteiger partial charge in [0.15, 0.2) is 0 Å². The smallest absolute Gasteiger partial charge is 0.0621 e. The molecule has 2 unspecified atom stereocenters. The Morgan fingerprint density at radius 2 is 2.21 bits per heavy atom. The molecule has 0 aliphatic carbocycles. The summed E-state index contributed by atoms with van der Waals surface area (Å²) in [7, 11) is 0. The maximum atomic E-state index is 6.19. The molecule has 3 saturated heterocycles. The van der Waals surface area contributed by atoms with Gasteiger partial charge in [-0.1, -0.05) is 11.6 Å². The van der Waals surface area contributed by atoms with Crippen molar-refractivity contribution in [3.8, 4) is 0 Å². The summed E-state index contributed by atoms with van der Waals surface area (Å²) >= 11 is 6.19. The van der Waals surface area contributed by atoms with Gasteiger partial charge in [0.2, 0.25) is 0 Å². The predicted octanol–water partition coefficient (Wildman–Crippen LogP) is 0.109. The second-order valence-corrected chi connectivity index (χ2v) is 5.76. The zero-order valence-electron chi connectivity index (χ0n) is 10.9. The minimum atomic E-state index is 0.225. The summed E-state index contributed by atoms with van der Waals surface area (Å²) in [5, 5.41) is 0.721. The van der Waals surface area contributed by atoms with E-state index in [1.807, 2.05) is 6.07 Å². The Balaban J connectivity index is 1.73. The van der Waals surface area contributed by atoms with Crippen molar-refractivity contribution in [2.75, 3.05) is 32.7 Å². The molecule has 3 fully saturated rings. The lowest BCUT2D eigenvalue weighted by atomic mass is 9.95. The van der Waals surface area contributed by atoms with E-state index >= 15 is 0 Å². The van der Waals surface area contributed by atoms with Gasteiger partial charge in [0, 0.05) is 57.2 Å². The monoisotopic (exact) mass is 281 g/mol. The number of rotatable bonds is 4. The van der Waals surface area contributed by atoms with Crippen LogP contribution in [0, 0.1) is 0 Å². The highest BCUT2D eigenvalue weighted by Crippen LogP contribution is 2.22. The molecule has 4 rings (SSSR count). The average Bonchev–Trinajstić information content (AvgIpc) is 2.47. The van der Waals surface area contributed by atoms with Crippen molar-refractivity contribution in [1.82, 2.24) is 20.2 Å². The molecule has 1 aromatic rings. The first-order chi connectivity index (χ1) is 9.28. The minimum Gasteiger partial charge on any atom is -0.299 e. The zero-order chi connectivity index (χ0) is 13.2. The molecule has 2 bridgehead atoms. The number of nitrogens with one attached hydrogen (secondary N) is 1. The zero-order valence-corrected chi connectivity index (χ0v) is 11.7. The molecule has 3 N–H and O–H groups in total. The first-order valence-corrected chi connectivity index (χ1v) is 7.16. The number of nitrogens with zero attached hydrogens (tertiary/aromatic N) is 3. The summed E-state index contributed by atoms with van der Waals surface area (Å²) in [5.74, 6) is 5.78. The van der Waals surface area contributed by atoms with Crippen LogP contribution in [-0.2, 0) is 6.42 Å². The number of pyridine rings is 1. The molecule has 0 radical (unpaired) electrons. The van der Waals surface area contributed by atoms with Gasteiger partial charge in [0.1, 0.15) is 0 Å². The fourth-order valence-electron chi connectivity index (χ4n) is 3.15. The highest BCUT2D eigenvalue weighted by Gasteiger charge is 2.36. The van der Waals surface area contributed by atoms with Crippen LogP contribution in [-0.4, -0.2) is 59.6 Å². The lowest BCUT2D eigenvalue weighted by Gasteiger charge is -2.50. The third kappa shape index (κ3) is 2.75. The molecular formula is C13H20ClN5. The number of halogens is 1. The minimum absolute atomic E-state index is 0.225. The van der Waals surface area contributed by atoms with Gasteiger partial charge in [-0.3, -0.25) is 26.1 Å². The van der Waals surface area contributed by atoms with E-state index < -0.39 is 0 Å². The van der Waals surface area contributed by atoms with Gasteiger partial charge in [0.05, 0.1) is 5.02 Å². The summed E-state index contributed by atoms with van der Waals surface area (Å²) in [6.45, 7) is 5.75. The normalized spacial score (nSPS) is 31.4. The van der Waals surface area contributed by atoms with Crippen molar-refractivity contribution in [1.29, 1.82) is 0 Å². The summed E-state index contributed by atoms with van der Waals surface area (Å²) in [4.78, 5) is 9.08. The topological polar surface area (TPSA) is 57.4 Å². The number of hydrogen-bond acceptors (Lipinski definition) is 5. The van der Waals surface area contributed by atoms with E-state index in [0.717, 1.165) is 36.6 Å². The van der Waals surface area contributed by atoms with Crippen molar-refractivity contribution in [3.63, 3.8) is 0 Å². The van der Waals surface area contributed by atoms with Crippen LogP contribution in [0.15, 0.2) is 18.5 Å². The molecule has 0 spiro atoms. The molecule has 6 heteroatoms. The molecule has 4 heterocycles. The van der Waals surface area contributed by atoms with Crippen molar-refractivity contribution >= 4 is 11.6 Å². The van der Waals surface area contributed by atoms with Crippen LogP contribution in [0.1, 0.15) is 5.56 Å².